The third-order valence-corrected chi connectivity index (χ3v) is 2.92. The van der Waals surface area contributed by atoms with Gasteiger partial charge in [0.25, 0.3) is 0 Å². The van der Waals surface area contributed by atoms with Crippen LogP contribution in [0.3, 0.4) is 0 Å². The monoisotopic (exact) mass is 265 g/mol. The highest BCUT2D eigenvalue weighted by Crippen LogP contribution is 2.19. The quantitative estimate of drug-likeness (QED) is 0.776. The molecule has 3 N–H and O–H groups in total. The van der Waals surface area contributed by atoms with E-state index in [1.165, 1.54) is 0 Å². The van der Waals surface area contributed by atoms with Crippen LogP contribution in [-0.2, 0) is 11.2 Å². The number of nitrogens with one attached hydrogen (secondary N) is 1. The fourth-order valence-electron chi connectivity index (χ4n) is 1.65. The maximum Gasteiger partial charge on any atom is 0.223 e. The van der Waals surface area contributed by atoms with Gasteiger partial charge < -0.3 is 15.8 Å². The fraction of sp³-hybridized carbons (Fsp3) is 0.571. The van der Waals surface area contributed by atoms with Crippen LogP contribution >= 0.6 is 0 Å². The minimum absolute atomic E-state index is 0.0353. The van der Waals surface area contributed by atoms with Crippen LogP contribution in [0.2, 0.25) is 0 Å². The van der Waals surface area contributed by atoms with Gasteiger partial charge in [0.05, 0.1) is 18.7 Å². The van der Waals surface area contributed by atoms with Gasteiger partial charge in [-0.2, -0.15) is 0 Å². The van der Waals surface area contributed by atoms with Crippen molar-refractivity contribution in [3.8, 4) is 5.75 Å². The van der Waals surface area contributed by atoms with Gasteiger partial charge in [-0.1, -0.05) is 6.92 Å². The summed E-state index contributed by atoms with van der Waals surface area (Å²) in [5.74, 6) is 0.685. The van der Waals surface area contributed by atoms with Crippen LogP contribution < -0.4 is 15.8 Å². The molecule has 1 aromatic rings. The third kappa shape index (κ3) is 5.26. The summed E-state index contributed by atoms with van der Waals surface area (Å²) in [5.41, 5.74) is 7.77. The number of carbonyl (C=O) groups excluding carboxylic acids is 1. The largest absolute Gasteiger partial charge is 0.491 e. The minimum atomic E-state index is -0.0353. The zero-order valence-electron chi connectivity index (χ0n) is 11.9. The van der Waals surface area contributed by atoms with Crippen molar-refractivity contribution >= 4 is 5.91 Å². The van der Waals surface area contributed by atoms with Crippen molar-refractivity contribution in [2.24, 2.45) is 5.73 Å². The molecule has 0 aromatic carbocycles. The molecule has 1 atom stereocenters. The molecular formula is C14H23N3O2. The number of hydrogen-bond acceptors (Lipinski definition) is 4. The number of nitrogens with zero attached hydrogens (tertiary/aromatic N) is 1. The number of aryl methyl sites for hydroxylation is 1. The topological polar surface area (TPSA) is 77.2 Å². The predicted octanol–water partition coefficient (Wildman–Crippen LogP) is 1.18. The summed E-state index contributed by atoms with van der Waals surface area (Å²) < 4.78 is 5.63. The predicted molar refractivity (Wildman–Crippen MR) is 75.1 cm³/mol. The number of amides is 1. The average molecular weight is 265 g/mol. The van der Waals surface area contributed by atoms with Crippen LogP contribution in [0.4, 0.5) is 0 Å². The van der Waals surface area contributed by atoms with Gasteiger partial charge in [-0.3, -0.25) is 9.78 Å². The van der Waals surface area contributed by atoms with Gasteiger partial charge in [0.1, 0.15) is 5.75 Å². The maximum atomic E-state index is 11.1. The van der Waals surface area contributed by atoms with Crippen LogP contribution in [0.15, 0.2) is 12.1 Å². The van der Waals surface area contributed by atoms with E-state index in [0.29, 0.717) is 19.4 Å². The van der Waals surface area contributed by atoms with Crippen LogP contribution in [0.5, 0.6) is 5.75 Å². The van der Waals surface area contributed by atoms with E-state index in [2.05, 4.69) is 10.3 Å². The molecule has 0 radical (unpaired) electrons. The molecule has 0 aliphatic heterocycles. The second kappa shape index (κ2) is 7.74. The molecule has 1 unspecified atom stereocenters. The number of hydrogen-bond donors (Lipinski definition) is 2. The zero-order valence-corrected chi connectivity index (χ0v) is 11.9. The van der Waals surface area contributed by atoms with Crippen LogP contribution in [0.1, 0.15) is 31.2 Å². The normalized spacial score (nSPS) is 12.0. The van der Waals surface area contributed by atoms with E-state index in [4.69, 9.17) is 10.5 Å². The van der Waals surface area contributed by atoms with Gasteiger partial charge in [-0.25, -0.2) is 0 Å². The Morgan fingerprint density at radius 2 is 2.26 bits per heavy atom. The van der Waals surface area contributed by atoms with Gasteiger partial charge in [0.15, 0.2) is 0 Å². The second-order valence-electron chi connectivity index (χ2n) is 4.54. The molecule has 0 bridgehead atoms. The Morgan fingerprint density at radius 3 is 2.89 bits per heavy atom. The lowest BCUT2D eigenvalue weighted by molar-refractivity contribution is -0.121. The van der Waals surface area contributed by atoms with Crippen molar-refractivity contribution in [1.82, 2.24) is 10.3 Å². The number of aromatic nitrogens is 1. The number of carbonyl (C=O) groups is 1. The summed E-state index contributed by atoms with van der Waals surface area (Å²) >= 11 is 0. The van der Waals surface area contributed by atoms with E-state index in [9.17, 15) is 4.79 Å². The molecule has 1 aromatic heterocycles. The summed E-state index contributed by atoms with van der Waals surface area (Å²) in [7, 11) is 1.61. The molecule has 1 amide bonds. The minimum Gasteiger partial charge on any atom is -0.491 e. The summed E-state index contributed by atoms with van der Waals surface area (Å²) in [6.45, 7) is 4.33. The molecule has 5 heteroatoms. The molecule has 0 aliphatic carbocycles. The Balaban J connectivity index is 2.67. The molecule has 0 aliphatic rings. The van der Waals surface area contributed by atoms with E-state index >= 15 is 0 Å². The van der Waals surface area contributed by atoms with Crippen molar-refractivity contribution in [2.75, 3.05) is 13.7 Å². The maximum absolute atomic E-state index is 11.1. The van der Waals surface area contributed by atoms with Gasteiger partial charge in [0.2, 0.25) is 5.91 Å². The van der Waals surface area contributed by atoms with E-state index < -0.39 is 0 Å². The SMILES string of the molecule is CCC(N)Cc1nc(C)ccc1OCCC(=O)NC. The molecule has 1 heterocycles. The molecule has 5 nitrogen and oxygen atoms in total. The molecule has 0 saturated heterocycles. The fourth-order valence-corrected chi connectivity index (χ4v) is 1.65. The van der Waals surface area contributed by atoms with Gasteiger partial charge >= 0.3 is 0 Å². The zero-order chi connectivity index (χ0) is 14.3. The Kier molecular flexibility index (Phi) is 6.29. The van der Waals surface area contributed by atoms with E-state index in [0.717, 1.165) is 23.6 Å². The standard InChI is InChI=1S/C14H23N3O2/c1-4-11(15)9-12-13(6-5-10(2)17-12)19-8-7-14(18)16-3/h5-6,11H,4,7-9,15H2,1-3H3,(H,16,18). The van der Waals surface area contributed by atoms with Crippen molar-refractivity contribution in [3.63, 3.8) is 0 Å². The van der Waals surface area contributed by atoms with E-state index in [1.807, 2.05) is 26.0 Å². The summed E-state index contributed by atoms with van der Waals surface area (Å²) in [5, 5.41) is 2.56. The van der Waals surface area contributed by atoms with E-state index in [-0.39, 0.29) is 11.9 Å². The molecule has 106 valence electrons. The molecular weight excluding hydrogens is 242 g/mol. The van der Waals surface area contributed by atoms with Crippen molar-refractivity contribution in [3.05, 3.63) is 23.5 Å². The first-order valence-electron chi connectivity index (χ1n) is 6.62. The highest BCUT2D eigenvalue weighted by atomic mass is 16.5. The summed E-state index contributed by atoms with van der Waals surface area (Å²) in [6.07, 6.45) is 1.92. The first-order chi connectivity index (χ1) is 9.06. The molecule has 0 fully saturated rings. The van der Waals surface area contributed by atoms with Crippen LogP contribution in [0.25, 0.3) is 0 Å². The smallest absolute Gasteiger partial charge is 0.223 e. The van der Waals surface area contributed by atoms with Crippen molar-refractivity contribution in [2.45, 2.75) is 39.2 Å². The lowest BCUT2D eigenvalue weighted by Gasteiger charge is -2.14. The Hall–Kier alpha value is -1.62. The van der Waals surface area contributed by atoms with Gasteiger partial charge in [0, 0.05) is 25.2 Å². The molecule has 1 rings (SSSR count). The van der Waals surface area contributed by atoms with Crippen LogP contribution in [0, 0.1) is 6.92 Å². The average Bonchev–Trinajstić information content (AvgIpc) is 2.40. The van der Waals surface area contributed by atoms with Crippen LogP contribution in [-0.4, -0.2) is 30.6 Å². The first-order valence-corrected chi connectivity index (χ1v) is 6.62. The van der Waals surface area contributed by atoms with Gasteiger partial charge in [-0.15, -0.1) is 0 Å². The molecule has 0 saturated carbocycles. The molecule has 19 heavy (non-hydrogen) atoms. The number of rotatable bonds is 7. The Morgan fingerprint density at radius 1 is 1.53 bits per heavy atom. The van der Waals surface area contributed by atoms with Gasteiger partial charge in [-0.05, 0) is 25.5 Å². The molecule has 0 spiro atoms. The van der Waals surface area contributed by atoms with Crippen molar-refractivity contribution in [1.29, 1.82) is 0 Å². The van der Waals surface area contributed by atoms with Crippen molar-refractivity contribution < 1.29 is 9.53 Å². The van der Waals surface area contributed by atoms with E-state index in [1.54, 1.807) is 7.05 Å². The lowest BCUT2D eigenvalue weighted by Crippen LogP contribution is -2.23. The summed E-state index contributed by atoms with van der Waals surface area (Å²) in [6, 6.07) is 3.87. The number of pyridine rings is 1. The Bertz CT molecular complexity index is 421. The highest BCUT2D eigenvalue weighted by Gasteiger charge is 2.10. The third-order valence-electron chi connectivity index (χ3n) is 2.92. The second-order valence-corrected chi connectivity index (χ2v) is 4.54. The number of ether oxygens (including phenoxy) is 1. The highest BCUT2D eigenvalue weighted by molar-refractivity contribution is 5.75. The number of nitrogens with two attached hydrogens (primary N) is 1. The Labute approximate surface area is 114 Å². The lowest BCUT2D eigenvalue weighted by atomic mass is 10.1. The summed E-state index contributed by atoms with van der Waals surface area (Å²) in [4.78, 5) is 15.6. The first kappa shape index (κ1) is 15.4.